The van der Waals surface area contributed by atoms with E-state index in [-0.39, 0.29) is 11.9 Å². The number of benzene rings is 1. The minimum absolute atomic E-state index is 0.0613. The molecule has 1 amide bonds. The predicted octanol–water partition coefficient (Wildman–Crippen LogP) is 2.99. The number of likely N-dealkylation sites (N-methyl/N-ethyl adjacent to an activating group) is 1. The summed E-state index contributed by atoms with van der Waals surface area (Å²) in [5, 5.41) is 6.22. The highest BCUT2D eigenvalue weighted by Crippen LogP contribution is 2.22. The van der Waals surface area contributed by atoms with Crippen LogP contribution in [-0.4, -0.2) is 17.4 Å². The van der Waals surface area contributed by atoms with Gasteiger partial charge in [-0.15, -0.1) is 11.3 Å². The van der Waals surface area contributed by atoms with Crippen molar-refractivity contribution >= 4 is 22.9 Å². The van der Waals surface area contributed by atoms with E-state index in [2.05, 4.69) is 22.5 Å². The molecule has 1 atom stereocenters. The topological polar surface area (TPSA) is 54.0 Å². The van der Waals surface area contributed by atoms with Gasteiger partial charge < -0.3 is 10.6 Å². The van der Waals surface area contributed by atoms with Gasteiger partial charge in [0.25, 0.3) is 0 Å². The number of rotatable bonds is 6. The average molecular weight is 289 g/mol. The molecule has 0 spiro atoms. The zero-order valence-electron chi connectivity index (χ0n) is 11.7. The molecule has 0 saturated heterocycles. The Morgan fingerprint density at radius 3 is 2.70 bits per heavy atom. The quantitative estimate of drug-likeness (QED) is 0.859. The summed E-state index contributed by atoms with van der Waals surface area (Å²) >= 11 is 1.64. The fourth-order valence-corrected chi connectivity index (χ4v) is 2.55. The predicted molar refractivity (Wildman–Crippen MR) is 83.0 cm³/mol. The van der Waals surface area contributed by atoms with E-state index >= 15 is 0 Å². The van der Waals surface area contributed by atoms with Crippen molar-refractivity contribution in [2.45, 2.75) is 26.3 Å². The molecule has 0 aliphatic rings. The lowest BCUT2D eigenvalue weighted by Crippen LogP contribution is -2.24. The van der Waals surface area contributed by atoms with Crippen molar-refractivity contribution in [2.75, 3.05) is 11.9 Å². The number of carbonyl (C=O) groups is 1. The van der Waals surface area contributed by atoms with Gasteiger partial charge in [-0.3, -0.25) is 9.78 Å². The van der Waals surface area contributed by atoms with Crippen LogP contribution in [0.1, 0.15) is 30.3 Å². The van der Waals surface area contributed by atoms with Crippen molar-refractivity contribution in [3.05, 3.63) is 46.4 Å². The highest BCUT2D eigenvalue weighted by Gasteiger charge is 2.07. The summed E-state index contributed by atoms with van der Waals surface area (Å²) in [4.78, 5) is 16.8. The minimum Gasteiger partial charge on any atom is -0.378 e. The number of aromatic nitrogens is 1. The second-order valence-electron chi connectivity index (χ2n) is 4.60. The van der Waals surface area contributed by atoms with E-state index < -0.39 is 0 Å². The fourth-order valence-electron chi connectivity index (χ4n) is 1.92. The van der Waals surface area contributed by atoms with Gasteiger partial charge in [-0.25, -0.2) is 0 Å². The zero-order valence-corrected chi connectivity index (χ0v) is 12.5. The Kier molecular flexibility index (Phi) is 5.12. The van der Waals surface area contributed by atoms with Crippen LogP contribution in [0.25, 0.3) is 0 Å². The number of hydrogen-bond donors (Lipinski definition) is 2. The van der Waals surface area contributed by atoms with E-state index in [1.54, 1.807) is 11.3 Å². The molecule has 5 heteroatoms. The van der Waals surface area contributed by atoms with Crippen molar-refractivity contribution in [3.63, 3.8) is 0 Å². The molecule has 0 aliphatic carbocycles. The van der Waals surface area contributed by atoms with Gasteiger partial charge in [0, 0.05) is 23.3 Å². The smallest absolute Gasteiger partial charge is 0.224 e. The number of anilines is 1. The third-order valence-electron chi connectivity index (χ3n) is 2.95. The number of nitrogens with one attached hydrogen (secondary N) is 2. The lowest BCUT2D eigenvalue weighted by atomic mass is 10.1. The summed E-state index contributed by atoms with van der Waals surface area (Å²) in [6, 6.07) is 8.21. The summed E-state index contributed by atoms with van der Waals surface area (Å²) in [6.07, 6.45) is 2.31. The Balaban J connectivity index is 1.93. The molecule has 106 valence electrons. The van der Waals surface area contributed by atoms with Crippen LogP contribution < -0.4 is 10.6 Å². The number of thiazole rings is 1. The maximum Gasteiger partial charge on any atom is 0.224 e. The summed E-state index contributed by atoms with van der Waals surface area (Å²) in [5.41, 5.74) is 3.90. The van der Waals surface area contributed by atoms with Crippen molar-refractivity contribution in [1.29, 1.82) is 0 Å². The summed E-state index contributed by atoms with van der Waals surface area (Å²) in [6.45, 7) is 4.70. The van der Waals surface area contributed by atoms with Crippen LogP contribution >= 0.6 is 11.3 Å². The third-order valence-corrected chi connectivity index (χ3v) is 3.91. The van der Waals surface area contributed by atoms with Crippen molar-refractivity contribution in [3.8, 4) is 0 Å². The molecule has 1 unspecified atom stereocenters. The second-order valence-corrected chi connectivity index (χ2v) is 5.51. The molecular weight excluding hydrogens is 270 g/mol. The fraction of sp³-hybridized carbons (Fsp3) is 0.333. The second kappa shape index (κ2) is 7.05. The van der Waals surface area contributed by atoms with E-state index in [0.717, 1.165) is 11.3 Å². The Hall–Kier alpha value is -1.88. The van der Waals surface area contributed by atoms with Crippen molar-refractivity contribution < 1.29 is 4.79 Å². The lowest BCUT2D eigenvalue weighted by molar-refractivity contribution is -0.120. The summed E-state index contributed by atoms with van der Waals surface area (Å²) < 4.78 is 0. The molecular formula is C15H19N3OS. The molecule has 0 radical (unpaired) electrons. The van der Waals surface area contributed by atoms with E-state index in [1.165, 1.54) is 4.88 Å². The van der Waals surface area contributed by atoms with Gasteiger partial charge in [0.1, 0.15) is 0 Å². The van der Waals surface area contributed by atoms with Gasteiger partial charge in [-0.05, 0) is 31.5 Å². The maximum atomic E-state index is 11.5. The highest BCUT2D eigenvalue weighted by atomic mass is 32.1. The Morgan fingerprint density at radius 1 is 1.35 bits per heavy atom. The van der Waals surface area contributed by atoms with Crippen molar-refractivity contribution in [1.82, 2.24) is 10.3 Å². The molecule has 0 saturated carbocycles. The molecule has 0 fully saturated rings. The van der Waals surface area contributed by atoms with Crippen LogP contribution in [0.15, 0.2) is 36.0 Å². The summed E-state index contributed by atoms with van der Waals surface area (Å²) in [7, 11) is 0. The number of nitrogens with zero attached hydrogens (tertiary/aromatic N) is 1. The van der Waals surface area contributed by atoms with Crippen LogP contribution in [0.4, 0.5) is 5.69 Å². The van der Waals surface area contributed by atoms with E-state index in [9.17, 15) is 4.79 Å². The van der Waals surface area contributed by atoms with E-state index in [4.69, 9.17) is 0 Å². The first-order chi connectivity index (χ1) is 9.69. The van der Waals surface area contributed by atoms with Gasteiger partial charge in [-0.1, -0.05) is 12.1 Å². The minimum atomic E-state index is 0.0613. The van der Waals surface area contributed by atoms with Gasteiger partial charge in [0.05, 0.1) is 18.0 Å². The molecule has 2 aromatic rings. The van der Waals surface area contributed by atoms with Gasteiger partial charge in [0.2, 0.25) is 5.91 Å². The first-order valence-electron chi connectivity index (χ1n) is 6.69. The average Bonchev–Trinajstić information content (AvgIpc) is 2.95. The maximum absolute atomic E-state index is 11.5. The first kappa shape index (κ1) is 14.5. The van der Waals surface area contributed by atoms with Crippen LogP contribution in [-0.2, 0) is 11.2 Å². The highest BCUT2D eigenvalue weighted by molar-refractivity contribution is 7.09. The van der Waals surface area contributed by atoms with Gasteiger partial charge >= 0.3 is 0 Å². The molecule has 2 N–H and O–H groups in total. The molecule has 0 aliphatic heterocycles. The lowest BCUT2D eigenvalue weighted by Gasteiger charge is -2.13. The van der Waals surface area contributed by atoms with Gasteiger partial charge in [0.15, 0.2) is 0 Å². The SMILES string of the molecule is CCNC(=O)Cc1ccc(NC(C)c2cncs2)cc1. The molecule has 1 aromatic heterocycles. The Bertz CT molecular complexity index is 537. The van der Waals surface area contributed by atoms with E-state index in [1.807, 2.05) is 42.9 Å². The molecule has 0 bridgehead atoms. The molecule has 4 nitrogen and oxygen atoms in total. The monoisotopic (exact) mass is 289 g/mol. The van der Waals surface area contributed by atoms with Crippen molar-refractivity contribution in [2.24, 2.45) is 0 Å². The molecule has 1 aromatic carbocycles. The van der Waals surface area contributed by atoms with Crippen LogP contribution in [0.5, 0.6) is 0 Å². The summed E-state index contributed by atoms with van der Waals surface area (Å²) in [5.74, 6) is 0.0613. The van der Waals surface area contributed by atoms with E-state index in [0.29, 0.717) is 13.0 Å². The van der Waals surface area contributed by atoms with Crippen LogP contribution in [0.3, 0.4) is 0 Å². The first-order valence-corrected chi connectivity index (χ1v) is 7.57. The Labute approximate surface area is 123 Å². The number of amides is 1. The molecule has 2 rings (SSSR count). The number of carbonyl (C=O) groups excluding carboxylic acids is 1. The van der Waals surface area contributed by atoms with Crippen LogP contribution in [0, 0.1) is 0 Å². The Morgan fingerprint density at radius 2 is 2.10 bits per heavy atom. The third kappa shape index (κ3) is 4.06. The molecule has 20 heavy (non-hydrogen) atoms. The normalized spacial score (nSPS) is 11.9. The largest absolute Gasteiger partial charge is 0.378 e. The van der Waals surface area contributed by atoms with Crippen LogP contribution in [0.2, 0.25) is 0 Å². The molecule has 1 heterocycles. The number of hydrogen-bond acceptors (Lipinski definition) is 4. The van der Waals surface area contributed by atoms with Gasteiger partial charge in [-0.2, -0.15) is 0 Å². The standard InChI is InChI=1S/C15H19N3OS/c1-3-17-15(19)8-12-4-6-13(7-5-12)18-11(2)14-9-16-10-20-14/h4-7,9-11,18H,3,8H2,1-2H3,(H,17,19). The zero-order chi connectivity index (χ0) is 14.4.